The van der Waals surface area contributed by atoms with Gasteiger partial charge in [-0.1, -0.05) is 13.8 Å². The molecule has 0 radical (unpaired) electrons. The van der Waals surface area contributed by atoms with Crippen molar-refractivity contribution in [2.24, 2.45) is 5.92 Å². The molecule has 1 fully saturated rings. The Morgan fingerprint density at radius 2 is 2.25 bits per heavy atom. The van der Waals surface area contributed by atoms with Crippen LogP contribution >= 0.6 is 0 Å². The van der Waals surface area contributed by atoms with Crippen LogP contribution in [0.4, 0.5) is 0 Å². The van der Waals surface area contributed by atoms with Gasteiger partial charge in [-0.2, -0.15) is 0 Å². The fourth-order valence-corrected chi connectivity index (χ4v) is 2.01. The largest absolute Gasteiger partial charge is 0.463 e. The van der Waals surface area contributed by atoms with Crippen LogP contribution in [0.1, 0.15) is 32.9 Å². The van der Waals surface area contributed by atoms with Crippen LogP contribution in [0, 0.1) is 5.92 Å². The first-order valence-electron chi connectivity index (χ1n) is 6.61. The molecule has 0 spiro atoms. The van der Waals surface area contributed by atoms with Crippen molar-refractivity contribution in [1.29, 1.82) is 0 Å². The number of carbonyl (C=O) groups excluding carboxylic acids is 1. The fraction of sp³-hybridized carbons (Fsp3) is 0.615. The Bertz CT molecular complexity index is 589. The highest BCUT2D eigenvalue weighted by Gasteiger charge is 2.28. The molecule has 2 unspecified atom stereocenters. The molecular weight excluding hydrogens is 264 g/mol. The third-order valence-electron chi connectivity index (χ3n) is 3.13. The molecule has 1 aliphatic heterocycles. The zero-order valence-electron chi connectivity index (χ0n) is 11.5. The SMILES string of the molecule is CC(C)C(=O)OCC1CCC(n2ccc(=O)[nH]c2=O)O1. The summed E-state index contributed by atoms with van der Waals surface area (Å²) in [4.78, 5) is 36.2. The third-order valence-corrected chi connectivity index (χ3v) is 3.13. The van der Waals surface area contributed by atoms with Crippen LogP contribution in [0.25, 0.3) is 0 Å². The lowest BCUT2D eigenvalue weighted by Gasteiger charge is -2.16. The number of nitrogens with one attached hydrogen (secondary N) is 1. The molecule has 20 heavy (non-hydrogen) atoms. The molecule has 1 aliphatic rings. The molecule has 2 atom stereocenters. The van der Waals surface area contributed by atoms with Gasteiger partial charge in [-0.15, -0.1) is 0 Å². The van der Waals surface area contributed by atoms with E-state index in [-0.39, 0.29) is 24.6 Å². The maximum Gasteiger partial charge on any atom is 0.330 e. The lowest BCUT2D eigenvalue weighted by molar-refractivity contribution is -0.152. The van der Waals surface area contributed by atoms with Gasteiger partial charge in [0, 0.05) is 12.3 Å². The van der Waals surface area contributed by atoms with Crippen LogP contribution in [0.5, 0.6) is 0 Å². The van der Waals surface area contributed by atoms with Gasteiger partial charge in [0.2, 0.25) is 0 Å². The number of esters is 1. The summed E-state index contributed by atoms with van der Waals surface area (Å²) >= 11 is 0. The highest BCUT2D eigenvalue weighted by molar-refractivity contribution is 5.71. The lowest BCUT2D eigenvalue weighted by Crippen LogP contribution is -2.32. The van der Waals surface area contributed by atoms with Crippen molar-refractivity contribution in [3.8, 4) is 0 Å². The van der Waals surface area contributed by atoms with E-state index in [0.29, 0.717) is 12.8 Å². The van der Waals surface area contributed by atoms with Gasteiger partial charge in [0.05, 0.1) is 12.0 Å². The summed E-state index contributed by atoms with van der Waals surface area (Å²) in [6.45, 7) is 3.71. The Balaban J connectivity index is 1.94. The van der Waals surface area contributed by atoms with Crippen molar-refractivity contribution < 1.29 is 14.3 Å². The Labute approximate surface area is 115 Å². The number of ether oxygens (including phenoxy) is 2. The third kappa shape index (κ3) is 3.36. The van der Waals surface area contributed by atoms with Crippen molar-refractivity contribution in [2.75, 3.05) is 6.61 Å². The Hall–Kier alpha value is -1.89. The monoisotopic (exact) mass is 282 g/mol. The first-order chi connectivity index (χ1) is 9.47. The van der Waals surface area contributed by atoms with E-state index < -0.39 is 17.5 Å². The summed E-state index contributed by atoms with van der Waals surface area (Å²) in [5, 5.41) is 0. The van der Waals surface area contributed by atoms with Crippen molar-refractivity contribution >= 4 is 5.97 Å². The number of carbonyl (C=O) groups is 1. The first-order valence-corrected chi connectivity index (χ1v) is 6.61. The summed E-state index contributed by atoms with van der Waals surface area (Å²) in [5.41, 5.74) is -0.936. The van der Waals surface area contributed by atoms with Crippen molar-refractivity contribution in [2.45, 2.75) is 39.0 Å². The molecule has 1 N–H and O–H groups in total. The molecule has 0 bridgehead atoms. The number of aromatic amines is 1. The van der Waals surface area contributed by atoms with E-state index in [4.69, 9.17) is 9.47 Å². The predicted octanol–water partition coefficient (Wildman–Crippen LogP) is 0.413. The first kappa shape index (κ1) is 14.5. The van der Waals surface area contributed by atoms with Gasteiger partial charge in [-0.05, 0) is 12.8 Å². The van der Waals surface area contributed by atoms with Crippen LogP contribution < -0.4 is 11.2 Å². The van der Waals surface area contributed by atoms with E-state index in [1.165, 1.54) is 16.8 Å². The zero-order chi connectivity index (χ0) is 14.7. The molecule has 0 aromatic carbocycles. The molecule has 1 saturated heterocycles. The van der Waals surface area contributed by atoms with Crippen LogP contribution in [-0.4, -0.2) is 28.2 Å². The molecule has 2 rings (SSSR count). The van der Waals surface area contributed by atoms with Crippen LogP contribution in [-0.2, 0) is 14.3 Å². The number of H-pyrrole nitrogens is 1. The smallest absolute Gasteiger partial charge is 0.330 e. The second-order valence-electron chi connectivity index (χ2n) is 5.09. The van der Waals surface area contributed by atoms with Gasteiger partial charge in [0.25, 0.3) is 5.56 Å². The predicted molar refractivity (Wildman–Crippen MR) is 70.3 cm³/mol. The maximum absolute atomic E-state index is 11.6. The molecule has 7 heteroatoms. The second kappa shape index (κ2) is 6.04. The number of aromatic nitrogens is 2. The molecule has 2 heterocycles. The minimum atomic E-state index is -0.498. The van der Waals surface area contributed by atoms with E-state index in [1.807, 2.05) is 0 Å². The van der Waals surface area contributed by atoms with Crippen LogP contribution in [0.2, 0.25) is 0 Å². The van der Waals surface area contributed by atoms with E-state index in [9.17, 15) is 14.4 Å². The lowest BCUT2D eigenvalue weighted by atomic mass is 10.2. The Morgan fingerprint density at radius 3 is 2.90 bits per heavy atom. The molecule has 7 nitrogen and oxygen atoms in total. The number of nitrogens with zero attached hydrogens (tertiary/aromatic N) is 1. The van der Waals surface area contributed by atoms with Crippen LogP contribution in [0.15, 0.2) is 21.9 Å². The summed E-state index contributed by atoms with van der Waals surface area (Å²) in [5.74, 6) is -0.438. The van der Waals surface area contributed by atoms with Gasteiger partial charge in [0.1, 0.15) is 12.8 Å². The van der Waals surface area contributed by atoms with Crippen molar-refractivity contribution in [1.82, 2.24) is 9.55 Å². The number of hydrogen-bond donors (Lipinski definition) is 1. The molecule has 0 saturated carbocycles. The summed E-state index contributed by atoms with van der Waals surface area (Å²) in [6.07, 6.45) is 2.09. The average molecular weight is 282 g/mol. The van der Waals surface area contributed by atoms with Gasteiger partial charge >= 0.3 is 11.7 Å². The normalized spacial score (nSPS) is 22.1. The van der Waals surface area contributed by atoms with Crippen LogP contribution in [0.3, 0.4) is 0 Å². The summed E-state index contributed by atoms with van der Waals surface area (Å²) < 4.78 is 12.1. The van der Waals surface area contributed by atoms with E-state index >= 15 is 0 Å². The zero-order valence-corrected chi connectivity index (χ0v) is 11.5. The van der Waals surface area contributed by atoms with Gasteiger partial charge in [-0.3, -0.25) is 19.1 Å². The standard InChI is InChI=1S/C13H18N2O5/c1-8(2)12(17)19-7-9-3-4-11(20-9)15-6-5-10(16)14-13(15)18/h5-6,8-9,11H,3-4,7H2,1-2H3,(H,14,16,18). The maximum atomic E-state index is 11.6. The molecule has 1 aromatic rings. The number of rotatable bonds is 4. The van der Waals surface area contributed by atoms with Crippen molar-refractivity contribution in [3.63, 3.8) is 0 Å². The molecule has 0 amide bonds. The van der Waals surface area contributed by atoms with E-state index in [2.05, 4.69) is 4.98 Å². The van der Waals surface area contributed by atoms with E-state index in [1.54, 1.807) is 13.8 Å². The van der Waals surface area contributed by atoms with Gasteiger partial charge in [-0.25, -0.2) is 4.79 Å². The Kier molecular flexibility index (Phi) is 4.39. The molecule has 0 aliphatic carbocycles. The topological polar surface area (TPSA) is 90.4 Å². The second-order valence-corrected chi connectivity index (χ2v) is 5.09. The number of hydrogen-bond acceptors (Lipinski definition) is 5. The Morgan fingerprint density at radius 1 is 1.50 bits per heavy atom. The summed E-state index contributed by atoms with van der Waals surface area (Å²) in [7, 11) is 0. The minimum Gasteiger partial charge on any atom is -0.463 e. The highest BCUT2D eigenvalue weighted by atomic mass is 16.6. The van der Waals surface area contributed by atoms with Gasteiger partial charge < -0.3 is 9.47 Å². The minimum absolute atomic E-state index is 0.172. The molecule has 1 aromatic heterocycles. The quantitative estimate of drug-likeness (QED) is 0.808. The highest BCUT2D eigenvalue weighted by Crippen LogP contribution is 2.27. The summed E-state index contributed by atoms with van der Waals surface area (Å²) in [6, 6.07) is 1.27. The van der Waals surface area contributed by atoms with Gasteiger partial charge in [0.15, 0.2) is 0 Å². The average Bonchev–Trinajstić information content (AvgIpc) is 2.84. The molecule has 110 valence electrons. The van der Waals surface area contributed by atoms with Crippen molar-refractivity contribution in [3.05, 3.63) is 33.1 Å². The molecular formula is C13H18N2O5. The fourth-order valence-electron chi connectivity index (χ4n) is 2.01. The van der Waals surface area contributed by atoms with E-state index in [0.717, 1.165) is 0 Å².